The molecule has 0 unspecified atom stereocenters. The van der Waals surface area contributed by atoms with Crippen LogP contribution in [0.4, 0.5) is 5.69 Å². The van der Waals surface area contributed by atoms with Gasteiger partial charge in [0.2, 0.25) is 15.9 Å². The number of carbonyl (C=O) groups is 1. The predicted octanol–water partition coefficient (Wildman–Crippen LogP) is 1.50. The van der Waals surface area contributed by atoms with Gasteiger partial charge in [-0.3, -0.25) is 4.79 Å². The first-order valence-electron chi connectivity index (χ1n) is 6.86. The molecule has 1 aromatic heterocycles. The van der Waals surface area contributed by atoms with Gasteiger partial charge in [0.15, 0.2) is 0 Å². The van der Waals surface area contributed by atoms with E-state index in [0.717, 1.165) is 5.69 Å². The fourth-order valence-corrected chi connectivity index (χ4v) is 3.11. The molecule has 1 heterocycles. The van der Waals surface area contributed by atoms with Crippen LogP contribution in [0.2, 0.25) is 0 Å². The number of rotatable bonds is 6. The van der Waals surface area contributed by atoms with Crippen molar-refractivity contribution in [1.29, 1.82) is 0 Å². The summed E-state index contributed by atoms with van der Waals surface area (Å²) in [6.45, 7) is 1.73. The van der Waals surface area contributed by atoms with E-state index in [4.69, 9.17) is 0 Å². The van der Waals surface area contributed by atoms with Gasteiger partial charge in [0.25, 0.3) is 0 Å². The molecule has 0 aliphatic heterocycles. The smallest absolute Gasteiger partial charge is 0.240 e. The number of aromatic nitrogens is 1. The molecule has 118 valence electrons. The number of carbonyl (C=O) groups excluding carboxylic acids is 1. The number of nitrogens with one attached hydrogen (secondary N) is 2. The molecule has 2 N–H and O–H groups in total. The second-order valence-electron chi connectivity index (χ2n) is 4.96. The lowest BCUT2D eigenvalue weighted by Gasteiger charge is -2.08. The molecular weight excluding hydrogens is 302 g/mol. The van der Waals surface area contributed by atoms with Crippen LogP contribution < -0.4 is 10.0 Å². The van der Waals surface area contributed by atoms with Crippen molar-refractivity contribution in [2.75, 3.05) is 11.9 Å². The first-order valence-corrected chi connectivity index (χ1v) is 8.34. The molecule has 2 aromatic rings. The second-order valence-corrected chi connectivity index (χ2v) is 6.73. The van der Waals surface area contributed by atoms with Crippen LogP contribution in [0, 0.1) is 0 Å². The Labute approximate surface area is 130 Å². The number of hydrogen-bond donors (Lipinski definition) is 2. The van der Waals surface area contributed by atoms with Crippen molar-refractivity contribution in [3.63, 3.8) is 0 Å². The van der Waals surface area contributed by atoms with Crippen molar-refractivity contribution >= 4 is 21.6 Å². The van der Waals surface area contributed by atoms with E-state index in [1.54, 1.807) is 12.1 Å². The monoisotopic (exact) mass is 321 g/mol. The summed E-state index contributed by atoms with van der Waals surface area (Å²) in [5, 5.41) is 2.59. The molecule has 0 saturated carbocycles. The Balaban J connectivity index is 1.97. The fourth-order valence-electron chi connectivity index (χ4n) is 2.07. The Morgan fingerprint density at radius 2 is 1.86 bits per heavy atom. The molecule has 22 heavy (non-hydrogen) atoms. The summed E-state index contributed by atoms with van der Waals surface area (Å²) in [5.74, 6) is -0.198. The summed E-state index contributed by atoms with van der Waals surface area (Å²) in [5.41, 5.74) is 1.62. The van der Waals surface area contributed by atoms with Crippen molar-refractivity contribution in [2.24, 2.45) is 7.05 Å². The van der Waals surface area contributed by atoms with Gasteiger partial charge < -0.3 is 9.88 Å². The summed E-state index contributed by atoms with van der Waals surface area (Å²) in [4.78, 5) is 11.1. The topological polar surface area (TPSA) is 80.2 Å². The quantitative estimate of drug-likeness (QED) is 0.846. The molecule has 6 nitrogen and oxygen atoms in total. The van der Waals surface area contributed by atoms with E-state index < -0.39 is 10.0 Å². The minimum absolute atomic E-state index is 0.175. The van der Waals surface area contributed by atoms with Crippen molar-refractivity contribution in [1.82, 2.24) is 9.29 Å². The van der Waals surface area contributed by atoms with Crippen molar-refractivity contribution < 1.29 is 13.2 Å². The Morgan fingerprint density at radius 1 is 1.18 bits per heavy atom. The van der Waals surface area contributed by atoms with E-state index in [2.05, 4.69) is 10.0 Å². The molecule has 0 bridgehead atoms. The number of nitrogens with zero attached hydrogens (tertiary/aromatic N) is 1. The van der Waals surface area contributed by atoms with E-state index in [9.17, 15) is 13.2 Å². The number of sulfonamides is 1. The minimum atomic E-state index is -3.54. The maximum absolute atomic E-state index is 12.2. The number of aryl methyl sites for hydroxylation is 1. The predicted molar refractivity (Wildman–Crippen MR) is 85.1 cm³/mol. The Morgan fingerprint density at radius 3 is 2.41 bits per heavy atom. The number of anilines is 1. The molecule has 0 saturated heterocycles. The number of benzene rings is 1. The fraction of sp³-hybridized carbons (Fsp3) is 0.267. The SMILES string of the molecule is CC(=O)Nc1ccc(S(=O)(=O)NCCc2cccn2C)cc1. The van der Waals surface area contributed by atoms with Crippen molar-refractivity contribution in [3.05, 3.63) is 48.3 Å². The minimum Gasteiger partial charge on any atom is -0.354 e. The number of amides is 1. The molecule has 0 aliphatic rings. The molecule has 1 aromatic carbocycles. The van der Waals surface area contributed by atoms with Gasteiger partial charge in [-0.2, -0.15) is 0 Å². The van der Waals surface area contributed by atoms with E-state index in [-0.39, 0.29) is 10.8 Å². The lowest BCUT2D eigenvalue weighted by atomic mass is 10.3. The number of hydrogen-bond acceptors (Lipinski definition) is 3. The normalized spacial score (nSPS) is 11.4. The van der Waals surface area contributed by atoms with E-state index in [1.807, 2.05) is 29.9 Å². The van der Waals surface area contributed by atoms with Crippen LogP contribution in [-0.2, 0) is 28.3 Å². The lowest BCUT2D eigenvalue weighted by molar-refractivity contribution is -0.114. The summed E-state index contributed by atoms with van der Waals surface area (Å²) in [7, 11) is -1.62. The van der Waals surface area contributed by atoms with Gasteiger partial charge in [-0.15, -0.1) is 0 Å². The van der Waals surface area contributed by atoms with E-state index in [0.29, 0.717) is 18.7 Å². The van der Waals surface area contributed by atoms with Crippen LogP contribution in [0.15, 0.2) is 47.5 Å². The lowest BCUT2D eigenvalue weighted by Crippen LogP contribution is -2.26. The largest absolute Gasteiger partial charge is 0.354 e. The average Bonchev–Trinajstić information content (AvgIpc) is 2.84. The molecule has 0 atom stereocenters. The first-order chi connectivity index (χ1) is 10.4. The highest BCUT2D eigenvalue weighted by Gasteiger charge is 2.13. The van der Waals surface area contributed by atoms with Crippen LogP contribution >= 0.6 is 0 Å². The molecular formula is C15H19N3O3S. The maximum Gasteiger partial charge on any atom is 0.240 e. The van der Waals surface area contributed by atoms with E-state index in [1.165, 1.54) is 19.1 Å². The highest BCUT2D eigenvalue weighted by atomic mass is 32.2. The van der Waals surface area contributed by atoms with E-state index >= 15 is 0 Å². The van der Waals surface area contributed by atoms with Crippen LogP contribution in [0.3, 0.4) is 0 Å². The van der Waals surface area contributed by atoms with Crippen LogP contribution in [0.25, 0.3) is 0 Å². The third kappa shape index (κ3) is 4.19. The Hall–Kier alpha value is -2.12. The standard InChI is InChI=1S/C15H19N3O3S/c1-12(19)17-13-5-7-15(8-6-13)22(20,21)16-10-9-14-4-3-11-18(14)2/h3-8,11,16H,9-10H2,1-2H3,(H,17,19). The second kappa shape index (κ2) is 6.76. The summed E-state index contributed by atoms with van der Waals surface area (Å²) >= 11 is 0. The highest BCUT2D eigenvalue weighted by Crippen LogP contribution is 2.14. The molecule has 7 heteroatoms. The third-order valence-corrected chi connectivity index (χ3v) is 4.69. The average molecular weight is 321 g/mol. The third-order valence-electron chi connectivity index (χ3n) is 3.21. The molecule has 0 aliphatic carbocycles. The van der Waals surface area contributed by atoms with Crippen LogP contribution in [0.5, 0.6) is 0 Å². The van der Waals surface area contributed by atoms with Crippen LogP contribution in [-0.4, -0.2) is 25.4 Å². The zero-order valence-electron chi connectivity index (χ0n) is 12.5. The Bertz CT molecular complexity index is 749. The molecule has 1 amide bonds. The van der Waals surface area contributed by atoms with Gasteiger partial charge in [0, 0.05) is 44.5 Å². The molecule has 0 spiro atoms. The Kier molecular flexibility index (Phi) is 4.99. The van der Waals surface area contributed by atoms with Gasteiger partial charge in [-0.25, -0.2) is 13.1 Å². The maximum atomic E-state index is 12.2. The molecule has 2 rings (SSSR count). The summed E-state index contributed by atoms with van der Waals surface area (Å²) in [6.07, 6.45) is 2.54. The van der Waals surface area contributed by atoms with Gasteiger partial charge in [-0.05, 0) is 36.4 Å². The van der Waals surface area contributed by atoms with Gasteiger partial charge >= 0.3 is 0 Å². The molecule has 0 radical (unpaired) electrons. The van der Waals surface area contributed by atoms with Gasteiger partial charge in [0.05, 0.1) is 4.90 Å². The zero-order valence-corrected chi connectivity index (χ0v) is 13.4. The summed E-state index contributed by atoms with van der Waals surface area (Å²) < 4.78 is 28.9. The highest BCUT2D eigenvalue weighted by molar-refractivity contribution is 7.89. The van der Waals surface area contributed by atoms with Gasteiger partial charge in [0.1, 0.15) is 0 Å². The van der Waals surface area contributed by atoms with Gasteiger partial charge in [-0.1, -0.05) is 0 Å². The molecule has 0 fully saturated rings. The first kappa shape index (κ1) is 16.3. The summed E-state index contributed by atoms with van der Waals surface area (Å²) in [6, 6.07) is 9.94. The zero-order chi connectivity index (χ0) is 16.2. The van der Waals surface area contributed by atoms with Crippen molar-refractivity contribution in [3.8, 4) is 0 Å². The van der Waals surface area contributed by atoms with Crippen LogP contribution in [0.1, 0.15) is 12.6 Å². The van der Waals surface area contributed by atoms with Crippen molar-refractivity contribution in [2.45, 2.75) is 18.2 Å².